The number of nitrogens with zero attached hydrogens (tertiary/aromatic N) is 2. The predicted octanol–water partition coefficient (Wildman–Crippen LogP) is 4.66. The van der Waals surface area contributed by atoms with Crippen LogP contribution in [0.1, 0.15) is 5.89 Å². The molecule has 0 N–H and O–H groups in total. The summed E-state index contributed by atoms with van der Waals surface area (Å²) >= 11 is 12.1. The Hall–Kier alpha value is -2.04. The highest BCUT2D eigenvalue weighted by atomic mass is 35.5. The van der Waals surface area contributed by atoms with Crippen LogP contribution in [0.5, 0.6) is 5.75 Å². The summed E-state index contributed by atoms with van der Waals surface area (Å²) in [5.41, 5.74) is 0.885. The van der Waals surface area contributed by atoms with E-state index in [0.717, 1.165) is 5.56 Å². The molecule has 0 saturated heterocycles. The Balaban J connectivity index is 1.62. The summed E-state index contributed by atoms with van der Waals surface area (Å²) in [6, 6.07) is 14.8. The van der Waals surface area contributed by atoms with Crippen LogP contribution in [0.3, 0.4) is 0 Å². The van der Waals surface area contributed by atoms with Crippen LogP contribution in [0, 0.1) is 0 Å². The zero-order chi connectivity index (χ0) is 15.4. The smallest absolute Gasteiger partial charge is 0.247 e. The van der Waals surface area contributed by atoms with Crippen molar-refractivity contribution in [2.75, 3.05) is 6.61 Å². The Morgan fingerprint density at radius 1 is 0.909 bits per heavy atom. The fourth-order valence-electron chi connectivity index (χ4n) is 1.91. The molecule has 2 aromatic carbocycles. The van der Waals surface area contributed by atoms with Crippen molar-refractivity contribution in [1.29, 1.82) is 0 Å². The minimum atomic E-state index is 0.347. The maximum Gasteiger partial charge on any atom is 0.247 e. The monoisotopic (exact) mass is 334 g/mol. The first-order valence-corrected chi connectivity index (χ1v) is 7.44. The van der Waals surface area contributed by atoms with Gasteiger partial charge in [-0.3, -0.25) is 0 Å². The number of rotatable bonds is 5. The lowest BCUT2D eigenvalue weighted by Crippen LogP contribution is -2.02. The number of aromatic nitrogens is 2. The Kier molecular flexibility index (Phi) is 4.61. The molecule has 1 aromatic heterocycles. The molecule has 0 radical (unpaired) electrons. The standard InChI is InChI=1S/C16H12Cl2N2O2/c17-12-7-4-8-13(18)15(12)21-10-9-14-19-20-16(22-14)11-5-2-1-3-6-11/h1-8H,9-10H2. The molecule has 22 heavy (non-hydrogen) atoms. The second-order valence-corrected chi connectivity index (χ2v) is 5.33. The lowest BCUT2D eigenvalue weighted by molar-refractivity contribution is 0.307. The lowest BCUT2D eigenvalue weighted by atomic mass is 10.2. The first kappa shape index (κ1) is 14.9. The van der Waals surface area contributed by atoms with E-state index in [4.69, 9.17) is 32.4 Å². The van der Waals surface area contributed by atoms with Gasteiger partial charge >= 0.3 is 0 Å². The topological polar surface area (TPSA) is 48.2 Å². The molecule has 6 heteroatoms. The SMILES string of the molecule is Clc1cccc(Cl)c1OCCc1nnc(-c2ccccc2)o1. The van der Waals surface area contributed by atoms with Crippen LogP contribution < -0.4 is 4.74 Å². The van der Waals surface area contributed by atoms with E-state index < -0.39 is 0 Å². The third-order valence-electron chi connectivity index (χ3n) is 2.97. The molecule has 0 saturated carbocycles. The van der Waals surface area contributed by atoms with Gasteiger partial charge in [0.1, 0.15) is 0 Å². The molecule has 0 spiro atoms. The van der Waals surface area contributed by atoms with Gasteiger partial charge in [0, 0.05) is 5.56 Å². The third-order valence-corrected chi connectivity index (χ3v) is 3.56. The molecule has 1 heterocycles. The minimum absolute atomic E-state index is 0.347. The minimum Gasteiger partial charge on any atom is -0.490 e. The highest BCUT2D eigenvalue weighted by Gasteiger charge is 2.10. The summed E-state index contributed by atoms with van der Waals surface area (Å²) in [7, 11) is 0. The van der Waals surface area contributed by atoms with Gasteiger partial charge in [0.15, 0.2) is 5.75 Å². The Bertz CT molecular complexity index is 740. The maximum atomic E-state index is 6.03. The molecule has 0 atom stereocenters. The van der Waals surface area contributed by atoms with Crippen LogP contribution in [-0.4, -0.2) is 16.8 Å². The van der Waals surface area contributed by atoms with Crippen molar-refractivity contribution < 1.29 is 9.15 Å². The van der Waals surface area contributed by atoms with Crippen molar-refractivity contribution in [3.63, 3.8) is 0 Å². The third kappa shape index (κ3) is 3.40. The molecule has 4 nitrogen and oxygen atoms in total. The van der Waals surface area contributed by atoms with Gasteiger partial charge in [0.25, 0.3) is 0 Å². The van der Waals surface area contributed by atoms with Crippen molar-refractivity contribution in [2.45, 2.75) is 6.42 Å². The van der Waals surface area contributed by atoms with Gasteiger partial charge in [-0.05, 0) is 24.3 Å². The summed E-state index contributed by atoms with van der Waals surface area (Å²) in [4.78, 5) is 0. The van der Waals surface area contributed by atoms with Crippen molar-refractivity contribution in [3.05, 3.63) is 64.5 Å². The molecule has 0 amide bonds. The van der Waals surface area contributed by atoms with Crippen LogP contribution in [0.15, 0.2) is 52.9 Å². The Morgan fingerprint density at radius 3 is 2.36 bits per heavy atom. The predicted molar refractivity (Wildman–Crippen MR) is 85.4 cm³/mol. The first-order chi connectivity index (χ1) is 10.7. The highest BCUT2D eigenvalue weighted by molar-refractivity contribution is 6.37. The zero-order valence-corrected chi connectivity index (χ0v) is 13.0. The Morgan fingerprint density at radius 2 is 1.64 bits per heavy atom. The van der Waals surface area contributed by atoms with Gasteiger partial charge in [-0.1, -0.05) is 47.5 Å². The Labute approximate surface area is 137 Å². The number of benzene rings is 2. The summed E-state index contributed by atoms with van der Waals surface area (Å²) < 4.78 is 11.2. The van der Waals surface area contributed by atoms with E-state index in [-0.39, 0.29) is 0 Å². The molecule has 3 rings (SSSR count). The molecular formula is C16H12Cl2N2O2. The van der Waals surface area contributed by atoms with Gasteiger partial charge in [-0.25, -0.2) is 0 Å². The number of hydrogen-bond acceptors (Lipinski definition) is 4. The van der Waals surface area contributed by atoms with Crippen LogP contribution in [0.4, 0.5) is 0 Å². The van der Waals surface area contributed by atoms with Crippen LogP contribution in [0.2, 0.25) is 10.0 Å². The molecule has 0 fully saturated rings. The summed E-state index contributed by atoms with van der Waals surface area (Å²) in [6.45, 7) is 0.347. The van der Waals surface area contributed by atoms with E-state index in [2.05, 4.69) is 10.2 Å². The first-order valence-electron chi connectivity index (χ1n) is 6.68. The zero-order valence-electron chi connectivity index (χ0n) is 11.5. The van der Waals surface area contributed by atoms with Crippen LogP contribution in [0.25, 0.3) is 11.5 Å². The average Bonchev–Trinajstić information content (AvgIpc) is 3.00. The van der Waals surface area contributed by atoms with Gasteiger partial charge in [-0.15, -0.1) is 10.2 Å². The van der Waals surface area contributed by atoms with Crippen LogP contribution in [-0.2, 0) is 6.42 Å². The van der Waals surface area contributed by atoms with E-state index in [1.165, 1.54) is 0 Å². The largest absolute Gasteiger partial charge is 0.490 e. The van der Waals surface area contributed by atoms with Crippen molar-refractivity contribution in [1.82, 2.24) is 10.2 Å². The van der Waals surface area contributed by atoms with Crippen LogP contribution >= 0.6 is 23.2 Å². The quantitative estimate of drug-likeness (QED) is 0.680. The molecule has 3 aromatic rings. The molecule has 0 aliphatic heterocycles. The van der Waals surface area contributed by atoms with Crippen molar-refractivity contribution >= 4 is 23.2 Å². The molecule has 0 aliphatic carbocycles. The molecular weight excluding hydrogens is 323 g/mol. The fourth-order valence-corrected chi connectivity index (χ4v) is 2.42. The van der Waals surface area contributed by atoms with E-state index in [1.807, 2.05) is 30.3 Å². The van der Waals surface area contributed by atoms with Gasteiger partial charge < -0.3 is 9.15 Å². The lowest BCUT2D eigenvalue weighted by Gasteiger charge is -2.08. The van der Waals surface area contributed by atoms with Gasteiger partial charge in [-0.2, -0.15) is 0 Å². The number of para-hydroxylation sites is 1. The maximum absolute atomic E-state index is 6.03. The fraction of sp³-hybridized carbons (Fsp3) is 0.125. The van der Waals surface area contributed by atoms with Gasteiger partial charge in [0.2, 0.25) is 11.8 Å². The van der Waals surface area contributed by atoms with E-state index >= 15 is 0 Å². The molecule has 0 aliphatic rings. The summed E-state index contributed by atoms with van der Waals surface area (Å²) in [5.74, 6) is 1.46. The molecule has 112 valence electrons. The van der Waals surface area contributed by atoms with E-state index in [9.17, 15) is 0 Å². The second kappa shape index (κ2) is 6.81. The average molecular weight is 335 g/mol. The molecule has 0 bridgehead atoms. The normalized spacial score (nSPS) is 10.6. The van der Waals surface area contributed by atoms with E-state index in [0.29, 0.717) is 40.6 Å². The summed E-state index contributed by atoms with van der Waals surface area (Å²) in [5, 5.41) is 8.98. The number of halogens is 2. The number of ether oxygens (including phenoxy) is 1. The highest BCUT2D eigenvalue weighted by Crippen LogP contribution is 2.32. The molecule has 0 unspecified atom stereocenters. The second-order valence-electron chi connectivity index (χ2n) is 4.52. The van der Waals surface area contributed by atoms with Crippen molar-refractivity contribution in [3.8, 4) is 17.2 Å². The van der Waals surface area contributed by atoms with Gasteiger partial charge in [0.05, 0.1) is 23.1 Å². The number of hydrogen-bond donors (Lipinski definition) is 0. The summed E-state index contributed by atoms with van der Waals surface area (Å²) in [6.07, 6.45) is 0.474. The van der Waals surface area contributed by atoms with E-state index in [1.54, 1.807) is 18.2 Å². The van der Waals surface area contributed by atoms with Crippen molar-refractivity contribution in [2.24, 2.45) is 0 Å².